The van der Waals surface area contributed by atoms with Gasteiger partial charge in [0, 0.05) is 6.04 Å². The number of hydrogen-bond acceptors (Lipinski definition) is 2. The van der Waals surface area contributed by atoms with Gasteiger partial charge in [-0.1, -0.05) is 32.9 Å². The standard InChI is InChI=1S/C17H27NO/c1-5-14-7-6-8-15(11-14)19-17-13(3)9-12(2)10-16(17)18-4/h6-8,11-13,16-18H,5,9-10H2,1-4H3. The Morgan fingerprint density at radius 1 is 1.26 bits per heavy atom. The highest BCUT2D eigenvalue weighted by Gasteiger charge is 2.34. The smallest absolute Gasteiger partial charge is 0.120 e. The van der Waals surface area contributed by atoms with Gasteiger partial charge in [0.05, 0.1) is 0 Å². The summed E-state index contributed by atoms with van der Waals surface area (Å²) in [6.07, 6.45) is 3.81. The van der Waals surface area contributed by atoms with Gasteiger partial charge < -0.3 is 10.1 Å². The van der Waals surface area contributed by atoms with Gasteiger partial charge in [-0.15, -0.1) is 0 Å². The van der Waals surface area contributed by atoms with Crippen molar-refractivity contribution in [2.75, 3.05) is 7.05 Å². The maximum atomic E-state index is 6.30. The third-order valence-corrected chi connectivity index (χ3v) is 4.34. The first-order valence-corrected chi connectivity index (χ1v) is 7.56. The molecule has 0 bridgehead atoms. The summed E-state index contributed by atoms with van der Waals surface area (Å²) in [4.78, 5) is 0. The molecule has 1 aliphatic rings. The Labute approximate surface area is 117 Å². The lowest BCUT2D eigenvalue weighted by molar-refractivity contribution is 0.0506. The monoisotopic (exact) mass is 261 g/mol. The van der Waals surface area contributed by atoms with Crippen molar-refractivity contribution in [2.45, 2.75) is 52.2 Å². The molecule has 2 nitrogen and oxygen atoms in total. The van der Waals surface area contributed by atoms with Gasteiger partial charge in [0.15, 0.2) is 0 Å². The molecule has 1 saturated carbocycles. The van der Waals surface area contributed by atoms with Crippen LogP contribution in [0.4, 0.5) is 0 Å². The third-order valence-electron chi connectivity index (χ3n) is 4.34. The van der Waals surface area contributed by atoms with Gasteiger partial charge in [-0.3, -0.25) is 0 Å². The fraction of sp³-hybridized carbons (Fsp3) is 0.647. The lowest BCUT2D eigenvalue weighted by Crippen LogP contribution is -2.49. The summed E-state index contributed by atoms with van der Waals surface area (Å²) in [5, 5.41) is 3.44. The molecule has 1 aromatic carbocycles. The van der Waals surface area contributed by atoms with Crippen LogP contribution in [0, 0.1) is 11.8 Å². The van der Waals surface area contributed by atoms with Crippen LogP contribution in [-0.2, 0) is 6.42 Å². The second-order valence-corrected chi connectivity index (χ2v) is 6.03. The van der Waals surface area contributed by atoms with Crippen molar-refractivity contribution in [1.82, 2.24) is 5.32 Å². The second-order valence-electron chi connectivity index (χ2n) is 6.03. The molecule has 4 atom stereocenters. The molecular formula is C17H27NO. The van der Waals surface area contributed by atoms with Gasteiger partial charge in [-0.2, -0.15) is 0 Å². The SMILES string of the molecule is CCc1cccc(OC2C(C)CC(C)CC2NC)c1. The summed E-state index contributed by atoms with van der Waals surface area (Å²) >= 11 is 0. The van der Waals surface area contributed by atoms with E-state index in [1.54, 1.807) is 0 Å². The predicted molar refractivity (Wildman–Crippen MR) is 80.6 cm³/mol. The molecule has 0 aliphatic heterocycles. The quantitative estimate of drug-likeness (QED) is 0.893. The minimum atomic E-state index is 0.285. The van der Waals surface area contributed by atoms with Gasteiger partial charge in [0.25, 0.3) is 0 Å². The number of hydrogen-bond donors (Lipinski definition) is 1. The number of benzene rings is 1. The van der Waals surface area contributed by atoms with E-state index in [9.17, 15) is 0 Å². The van der Waals surface area contributed by atoms with Crippen molar-refractivity contribution in [3.63, 3.8) is 0 Å². The van der Waals surface area contributed by atoms with Crippen LogP contribution in [0.3, 0.4) is 0 Å². The predicted octanol–water partition coefficient (Wildman–Crippen LogP) is 3.65. The topological polar surface area (TPSA) is 21.3 Å². The normalized spacial score (nSPS) is 31.2. The minimum Gasteiger partial charge on any atom is -0.489 e. The maximum absolute atomic E-state index is 6.30. The summed E-state index contributed by atoms with van der Waals surface area (Å²) in [7, 11) is 2.05. The van der Waals surface area contributed by atoms with E-state index in [1.165, 1.54) is 18.4 Å². The highest BCUT2D eigenvalue weighted by atomic mass is 16.5. The average Bonchev–Trinajstić information content (AvgIpc) is 2.41. The molecule has 0 spiro atoms. The molecule has 0 aromatic heterocycles. The molecule has 1 aliphatic carbocycles. The molecule has 106 valence electrons. The van der Waals surface area contributed by atoms with Gasteiger partial charge >= 0.3 is 0 Å². The molecule has 2 rings (SSSR count). The Hall–Kier alpha value is -1.02. The van der Waals surface area contributed by atoms with E-state index >= 15 is 0 Å². The Bertz CT molecular complexity index is 404. The number of aryl methyl sites for hydroxylation is 1. The Morgan fingerprint density at radius 3 is 2.74 bits per heavy atom. The van der Waals surface area contributed by atoms with E-state index in [-0.39, 0.29) is 6.10 Å². The highest BCUT2D eigenvalue weighted by molar-refractivity contribution is 5.28. The molecule has 0 saturated heterocycles. The lowest BCUT2D eigenvalue weighted by Gasteiger charge is -2.39. The second kappa shape index (κ2) is 6.42. The van der Waals surface area contributed by atoms with Crippen LogP contribution in [0.1, 0.15) is 39.2 Å². The maximum Gasteiger partial charge on any atom is 0.120 e. The first-order chi connectivity index (χ1) is 9.13. The number of nitrogens with one attached hydrogen (secondary N) is 1. The van der Waals surface area contributed by atoms with Crippen LogP contribution in [-0.4, -0.2) is 19.2 Å². The van der Waals surface area contributed by atoms with E-state index in [2.05, 4.69) is 50.4 Å². The van der Waals surface area contributed by atoms with Crippen LogP contribution < -0.4 is 10.1 Å². The van der Waals surface area contributed by atoms with Gasteiger partial charge in [-0.25, -0.2) is 0 Å². The van der Waals surface area contributed by atoms with Crippen molar-refractivity contribution >= 4 is 0 Å². The van der Waals surface area contributed by atoms with Crippen molar-refractivity contribution in [3.05, 3.63) is 29.8 Å². The fourth-order valence-corrected chi connectivity index (χ4v) is 3.31. The molecule has 19 heavy (non-hydrogen) atoms. The summed E-state index contributed by atoms with van der Waals surface area (Å²) < 4.78 is 6.30. The average molecular weight is 261 g/mol. The largest absolute Gasteiger partial charge is 0.489 e. The minimum absolute atomic E-state index is 0.285. The van der Waals surface area contributed by atoms with Gasteiger partial charge in [-0.05, 0) is 55.8 Å². The summed E-state index contributed by atoms with van der Waals surface area (Å²) in [6, 6.07) is 8.98. The lowest BCUT2D eigenvalue weighted by atomic mass is 9.78. The molecule has 0 radical (unpaired) electrons. The summed E-state index contributed by atoms with van der Waals surface area (Å²) in [6.45, 7) is 6.84. The number of likely N-dealkylation sites (N-methyl/N-ethyl adjacent to an activating group) is 1. The van der Waals surface area contributed by atoms with Gasteiger partial charge in [0.2, 0.25) is 0 Å². The first kappa shape index (κ1) is 14.4. The molecule has 2 heteroatoms. The molecular weight excluding hydrogens is 234 g/mol. The molecule has 1 fully saturated rings. The first-order valence-electron chi connectivity index (χ1n) is 7.56. The number of ether oxygens (including phenoxy) is 1. The van der Waals surface area contributed by atoms with Crippen LogP contribution in [0.25, 0.3) is 0 Å². The summed E-state index contributed by atoms with van der Waals surface area (Å²) in [5.41, 5.74) is 1.34. The third kappa shape index (κ3) is 3.50. The van der Waals surface area contributed by atoms with Crippen molar-refractivity contribution in [2.24, 2.45) is 11.8 Å². The molecule has 0 amide bonds. The number of rotatable bonds is 4. The fourth-order valence-electron chi connectivity index (χ4n) is 3.31. The molecule has 4 unspecified atom stereocenters. The van der Waals surface area contributed by atoms with E-state index in [0.29, 0.717) is 12.0 Å². The van der Waals surface area contributed by atoms with E-state index < -0.39 is 0 Å². The molecule has 1 aromatic rings. The zero-order chi connectivity index (χ0) is 13.8. The Kier molecular flexibility index (Phi) is 4.87. The van der Waals surface area contributed by atoms with E-state index in [1.807, 2.05) is 7.05 Å². The van der Waals surface area contributed by atoms with Crippen molar-refractivity contribution < 1.29 is 4.74 Å². The Morgan fingerprint density at radius 2 is 2.05 bits per heavy atom. The van der Waals surface area contributed by atoms with E-state index in [0.717, 1.165) is 18.1 Å². The van der Waals surface area contributed by atoms with Crippen LogP contribution in [0.15, 0.2) is 24.3 Å². The van der Waals surface area contributed by atoms with Crippen LogP contribution in [0.2, 0.25) is 0 Å². The molecule has 1 N–H and O–H groups in total. The Balaban J connectivity index is 2.10. The van der Waals surface area contributed by atoms with Crippen molar-refractivity contribution in [1.29, 1.82) is 0 Å². The zero-order valence-electron chi connectivity index (χ0n) is 12.6. The highest BCUT2D eigenvalue weighted by Crippen LogP contribution is 2.32. The van der Waals surface area contributed by atoms with Gasteiger partial charge in [0.1, 0.15) is 11.9 Å². The van der Waals surface area contributed by atoms with Crippen LogP contribution in [0.5, 0.6) is 5.75 Å². The van der Waals surface area contributed by atoms with Crippen molar-refractivity contribution in [3.8, 4) is 5.75 Å². The van der Waals surface area contributed by atoms with Crippen LogP contribution >= 0.6 is 0 Å². The zero-order valence-corrected chi connectivity index (χ0v) is 12.6. The van der Waals surface area contributed by atoms with E-state index in [4.69, 9.17) is 4.74 Å². The summed E-state index contributed by atoms with van der Waals surface area (Å²) in [5.74, 6) is 2.41. The molecule has 0 heterocycles.